The second kappa shape index (κ2) is 10.2. The van der Waals surface area contributed by atoms with E-state index >= 15 is 0 Å². The summed E-state index contributed by atoms with van der Waals surface area (Å²) in [6, 6.07) is 12.9. The number of sulfonamides is 1. The molecule has 4 heterocycles. The van der Waals surface area contributed by atoms with Crippen LogP contribution in [0.1, 0.15) is 53.9 Å². The molecule has 0 saturated carbocycles. The highest BCUT2D eigenvalue weighted by molar-refractivity contribution is 7.89. The van der Waals surface area contributed by atoms with Crippen LogP contribution in [0.25, 0.3) is 10.8 Å². The van der Waals surface area contributed by atoms with E-state index in [2.05, 4.69) is 10.1 Å². The first-order chi connectivity index (χ1) is 18.0. The summed E-state index contributed by atoms with van der Waals surface area (Å²) in [5, 5.41) is 5.99. The first-order valence-corrected chi connectivity index (χ1v) is 14.9. The normalized spacial score (nSPS) is 19.9. The van der Waals surface area contributed by atoms with Crippen molar-refractivity contribution in [1.29, 1.82) is 0 Å². The number of rotatable bonds is 6. The highest BCUT2D eigenvalue weighted by Gasteiger charge is 2.36. The van der Waals surface area contributed by atoms with Gasteiger partial charge in [0.25, 0.3) is 5.91 Å². The van der Waals surface area contributed by atoms with Crippen molar-refractivity contribution < 1.29 is 17.7 Å². The Morgan fingerprint density at radius 2 is 1.73 bits per heavy atom. The summed E-state index contributed by atoms with van der Waals surface area (Å²) in [6.07, 6.45) is 6.24. The van der Waals surface area contributed by atoms with Crippen molar-refractivity contribution in [3.8, 4) is 0 Å². The molecule has 2 fully saturated rings. The number of hydrogen-bond donors (Lipinski definition) is 0. The molecule has 1 aromatic heterocycles. The molecular weight excluding hydrogens is 488 g/mol. The van der Waals surface area contributed by atoms with Gasteiger partial charge >= 0.3 is 0 Å². The fraction of sp³-hybridized carbons (Fsp3) is 0.500. The number of hydrogen-bond acceptors (Lipinski definition) is 6. The van der Waals surface area contributed by atoms with Crippen LogP contribution in [-0.4, -0.2) is 72.9 Å². The van der Waals surface area contributed by atoms with Crippen LogP contribution in [-0.2, 0) is 23.0 Å². The van der Waals surface area contributed by atoms with Gasteiger partial charge in [0.05, 0.1) is 4.90 Å². The van der Waals surface area contributed by atoms with Crippen molar-refractivity contribution in [3.63, 3.8) is 0 Å². The molecule has 37 heavy (non-hydrogen) atoms. The zero-order chi connectivity index (χ0) is 25.4. The van der Waals surface area contributed by atoms with Crippen molar-refractivity contribution in [2.45, 2.75) is 50.0 Å². The zero-order valence-corrected chi connectivity index (χ0v) is 22.0. The van der Waals surface area contributed by atoms with Crippen LogP contribution in [0.4, 0.5) is 0 Å². The van der Waals surface area contributed by atoms with Gasteiger partial charge in [0.1, 0.15) is 5.76 Å². The Morgan fingerprint density at radius 3 is 2.51 bits per heavy atom. The molecule has 0 radical (unpaired) electrons. The monoisotopic (exact) mass is 522 g/mol. The third kappa shape index (κ3) is 4.92. The molecule has 0 atom stereocenters. The van der Waals surface area contributed by atoms with Crippen molar-refractivity contribution in [2.75, 3.05) is 39.3 Å². The van der Waals surface area contributed by atoms with Gasteiger partial charge < -0.3 is 14.3 Å². The minimum atomic E-state index is -3.73. The molecule has 8 nitrogen and oxygen atoms in total. The summed E-state index contributed by atoms with van der Waals surface area (Å²) >= 11 is 0. The maximum absolute atomic E-state index is 13.5. The standard InChI is InChI=1S/C28H34N4O4S/c33-28(31-16-10-21(11-17-31)9-15-30-13-3-4-14-30)27-25-20-32(18-12-26(25)36-29-27)37(34,35)24-8-7-22-5-1-2-6-23(22)19-24/h1-2,5-8,19,21H,3-4,9-18,20H2. The van der Waals surface area contributed by atoms with Gasteiger partial charge in [-0.3, -0.25) is 4.79 Å². The Morgan fingerprint density at radius 1 is 0.973 bits per heavy atom. The van der Waals surface area contributed by atoms with E-state index in [4.69, 9.17) is 4.52 Å². The highest BCUT2D eigenvalue weighted by Crippen LogP contribution is 2.30. The Labute approximate surface area is 218 Å². The molecule has 0 spiro atoms. The molecule has 0 unspecified atom stereocenters. The molecular formula is C28H34N4O4S. The summed E-state index contributed by atoms with van der Waals surface area (Å²) in [7, 11) is -3.73. The third-order valence-electron chi connectivity index (χ3n) is 8.31. The van der Waals surface area contributed by atoms with Crippen molar-refractivity contribution in [2.24, 2.45) is 5.92 Å². The lowest BCUT2D eigenvalue weighted by molar-refractivity contribution is 0.0670. The van der Waals surface area contributed by atoms with E-state index in [-0.39, 0.29) is 23.0 Å². The molecule has 2 aromatic carbocycles. The summed E-state index contributed by atoms with van der Waals surface area (Å²) in [4.78, 5) is 18.1. The molecule has 3 aliphatic heterocycles. The minimum Gasteiger partial charge on any atom is -0.360 e. The fourth-order valence-electron chi connectivity index (χ4n) is 5.98. The molecule has 3 aromatic rings. The van der Waals surface area contributed by atoms with Crippen LogP contribution < -0.4 is 0 Å². The summed E-state index contributed by atoms with van der Waals surface area (Å²) in [5.74, 6) is 1.13. The van der Waals surface area contributed by atoms with Crippen LogP contribution >= 0.6 is 0 Å². The average Bonchev–Trinajstić information content (AvgIpc) is 3.61. The van der Waals surface area contributed by atoms with E-state index in [9.17, 15) is 13.2 Å². The molecule has 9 heteroatoms. The second-order valence-electron chi connectivity index (χ2n) is 10.6. The predicted octanol–water partition coefficient (Wildman–Crippen LogP) is 3.91. The number of carbonyl (C=O) groups is 1. The second-order valence-corrected chi connectivity index (χ2v) is 12.5. The van der Waals surface area contributed by atoms with E-state index in [0.29, 0.717) is 43.3 Å². The Bertz CT molecular complexity index is 1390. The van der Waals surface area contributed by atoms with Crippen molar-refractivity contribution in [3.05, 3.63) is 59.5 Å². The number of amides is 1. The summed E-state index contributed by atoms with van der Waals surface area (Å²) in [6.45, 7) is 5.44. The van der Waals surface area contributed by atoms with Gasteiger partial charge in [-0.1, -0.05) is 35.5 Å². The van der Waals surface area contributed by atoms with E-state index in [0.717, 1.165) is 30.2 Å². The van der Waals surface area contributed by atoms with Crippen LogP contribution in [0.3, 0.4) is 0 Å². The summed E-state index contributed by atoms with van der Waals surface area (Å²) in [5.41, 5.74) is 0.876. The van der Waals surface area contributed by atoms with E-state index < -0.39 is 10.0 Å². The van der Waals surface area contributed by atoms with E-state index in [1.54, 1.807) is 12.1 Å². The van der Waals surface area contributed by atoms with Gasteiger partial charge in [-0.2, -0.15) is 4.31 Å². The van der Waals surface area contributed by atoms with Gasteiger partial charge in [-0.05, 0) is 80.6 Å². The molecule has 3 aliphatic rings. The predicted molar refractivity (Wildman–Crippen MR) is 141 cm³/mol. The fourth-order valence-corrected chi connectivity index (χ4v) is 7.43. The first kappa shape index (κ1) is 24.6. The quantitative estimate of drug-likeness (QED) is 0.488. The lowest BCUT2D eigenvalue weighted by atomic mass is 9.93. The zero-order valence-electron chi connectivity index (χ0n) is 21.1. The first-order valence-electron chi connectivity index (χ1n) is 13.5. The van der Waals surface area contributed by atoms with Crippen LogP contribution in [0.15, 0.2) is 51.9 Å². The van der Waals surface area contributed by atoms with Crippen LogP contribution in [0, 0.1) is 5.92 Å². The van der Waals surface area contributed by atoms with E-state index in [1.807, 2.05) is 35.2 Å². The van der Waals surface area contributed by atoms with Crippen LogP contribution in [0.2, 0.25) is 0 Å². The maximum atomic E-state index is 13.5. The molecule has 0 N–H and O–H groups in total. The van der Waals surface area contributed by atoms with E-state index in [1.165, 1.54) is 36.7 Å². The number of aromatic nitrogens is 1. The third-order valence-corrected chi connectivity index (χ3v) is 10.1. The number of benzene rings is 2. The molecule has 196 valence electrons. The molecule has 0 aliphatic carbocycles. The van der Waals surface area contributed by atoms with Gasteiger partial charge in [0.15, 0.2) is 5.69 Å². The Balaban J connectivity index is 1.13. The molecule has 6 rings (SSSR count). The summed E-state index contributed by atoms with van der Waals surface area (Å²) < 4.78 is 34.0. The number of piperidine rings is 1. The van der Waals surface area contributed by atoms with Crippen molar-refractivity contribution >= 4 is 26.7 Å². The number of carbonyl (C=O) groups excluding carboxylic acids is 1. The topological polar surface area (TPSA) is 87.0 Å². The lowest BCUT2D eigenvalue weighted by Gasteiger charge is -2.32. The number of likely N-dealkylation sites (tertiary alicyclic amines) is 2. The lowest BCUT2D eigenvalue weighted by Crippen LogP contribution is -2.40. The van der Waals surface area contributed by atoms with Crippen LogP contribution in [0.5, 0.6) is 0 Å². The largest absolute Gasteiger partial charge is 0.360 e. The average molecular weight is 523 g/mol. The maximum Gasteiger partial charge on any atom is 0.276 e. The van der Waals surface area contributed by atoms with Gasteiger partial charge in [0, 0.05) is 38.2 Å². The van der Waals surface area contributed by atoms with Gasteiger partial charge in [-0.25, -0.2) is 8.42 Å². The van der Waals surface area contributed by atoms with Gasteiger partial charge in [-0.15, -0.1) is 0 Å². The minimum absolute atomic E-state index is 0.0986. The highest BCUT2D eigenvalue weighted by atomic mass is 32.2. The van der Waals surface area contributed by atoms with Crippen molar-refractivity contribution in [1.82, 2.24) is 19.3 Å². The Hall–Kier alpha value is -2.75. The Kier molecular flexibility index (Phi) is 6.77. The molecule has 0 bridgehead atoms. The molecule has 2 saturated heterocycles. The SMILES string of the molecule is O=C(c1noc2c1CN(S(=O)(=O)c1ccc3ccccc3c1)CC2)N1CCC(CCN2CCCC2)CC1. The smallest absolute Gasteiger partial charge is 0.276 e. The van der Waals surface area contributed by atoms with Gasteiger partial charge in [0.2, 0.25) is 10.0 Å². The number of nitrogens with zero attached hydrogens (tertiary/aromatic N) is 4. The molecule has 1 amide bonds. The number of fused-ring (bicyclic) bond motifs is 2.